The first-order chi connectivity index (χ1) is 15.4. The molecule has 1 aliphatic heterocycles. The van der Waals surface area contributed by atoms with E-state index in [0.717, 1.165) is 18.7 Å². The van der Waals surface area contributed by atoms with Crippen LogP contribution >= 0.6 is 0 Å². The maximum absolute atomic E-state index is 13.5. The molecule has 0 spiro atoms. The average molecular weight is 443 g/mol. The molecule has 1 saturated heterocycles. The van der Waals surface area contributed by atoms with Crippen molar-refractivity contribution in [3.63, 3.8) is 0 Å². The van der Waals surface area contributed by atoms with Crippen molar-refractivity contribution in [3.05, 3.63) is 65.7 Å². The first-order valence-corrected chi connectivity index (χ1v) is 10.9. The number of amides is 3. The van der Waals surface area contributed by atoms with Crippen molar-refractivity contribution in [1.29, 1.82) is 0 Å². The van der Waals surface area contributed by atoms with Crippen molar-refractivity contribution in [1.82, 2.24) is 15.1 Å². The van der Waals surface area contributed by atoms with Gasteiger partial charge in [0, 0.05) is 43.8 Å². The van der Waals surface area contributed by atoms with Crippen molar-refractivity contribution in [2.45, 2.75) is 24.8 Å². The zero-order chi connectivity index (χ0) is 22.7. The van der Waals surface area contributed by atoms with Crippen LogP contribution in [0.3, 0.4) is 0 Å². The van der Waals surface area contributed by atoms with Crippen molar-refractivity contribution in [3.8, 4) is 0 Å². The second kappa shape index (κ2) is 9.65. The number of rotatable bonds is 4. The van der Waals surface area contributed by atoms with Gasteiger partial charge in [-0.05, 0) is 61.7 Å². The molecule has 3 atom stereocenters. The number of benzene rings is 2. The van der Waals surface area contributed by atoms with Gasteiger partial charge in [0.2, 0.25) is 5.91 Å². The van der Waals surface area contributed by atoms with Crippen LogP contribution in [0.5, 0.6) is 0 Å². The molecular formula is C24H28F2N4O2. The lowest BCUT2D eigenvalue weighted by Gasteiger charge is -2.35. The fourth-order valence-corrected chi connectivity index (χ4v) is 4.69. The third kappa shape index (κ3) is 5.24. The summed E-state index contributed by atoms with van der Waals surface area (Å²) in [6, 6.07) is 11.3. The van der Waals surface area contributed by atoms with E-state index < -0.39 is 11.8 Å². The van der Waals surface area contributed by atoms with Gasteiger partial charge in [-0.2, -0.15) is 0 Å². The van der Waals surface area contributed by atoms with Crippen LogP contribution < -0.4 is 10.6 Å². The predicted molar refractivity (Wildman–Crippen MR) is 118 cm³/mol. The Kier molecular flexibility index (Phi) is 6.69. The fraction of sp³-hybridized carbons (Fsp3) is 0.417. The highest BCUT2D eigenvalue weighted by Crippen LogP contribution is 2.41. The molecule has 6 nitrogen and oxygen atoms in total. The summed E-state index contributed by atoms with van der Waals surface area (Å²) in [6.45, 7) is 3.02. The highest BCUT2D eigenvalue weighted by Gasteiger charge is 2.42. The maximum Gasteiger partial charge on any atom is 0.319 e. The standard InChI is InChI=1S/C24H28F2N4O2/c1-29-9-11-30(12-10-29)23(31)22-15-20(14-21(22)16-5-7-17(25)8-6-16)28-24(32)27-19-4-2-3-18(26)13-19/h2-8,13,20-22H,9-12,14-15H2,1H3,(H2,27,28,32)/t20-,21+,22-/m0/s1. The zero-order valence-corrected chi connectivity index (χ0v) is 18.1. The molecular weight excluding hydrogens is 414 g/mol. The van der Waals surface area contributed by atoms with E-state index >= 15 is 0 Å². The Morgan fingerprint density at radius 1 is 0.938 bits per heavy atom. The summed E-state index contributed by atoms with van der Waals surface area (Å²) in [5.41, 5.74) is 1.26. The predicted octanol–water partition coefficient (Wildman–Crippen LogP) is 3.42. The molecule has 3 amide bonds. The van der Waals surface area contributed by atoms with Gasteiger partial charge < -0.3 is 20.4 Å². The highest BCUT2D eigenvalue weighted by atomic mass is 19.1. The van der Waals surface area contributed by atoms with Crippen LogP contribution in [0.2, 0.25) is 0 Å². The molecule has 2 aliphatic rings. The van der Waals surface area contributed by atoms with E-state index in [0.29, 0.717) is 31.6 Å². The molecule has 1 saturated carbocycles. The van der Waals surface area contributed by atoms with E-state index in [9.17, 15) is 18.4 Å². The fourth-order valence-electron chi connectivity index (χ4n) is 4.69. The van der Waals surface area contributed by atoms with Crippen LogP contribution in [0, 0.1) is 17.6 Å². The van der Waals surface area contributed by atoms with Crippen LogP contribution in [0.1, 0.15) is 24.3 Å². The molecule has 8 heteroatoms. The number of piperazine rings is 1. The summed E-state index contributed by atoms with van der Waals surface area (Å²) >= 11 is 0. The Bertz CT molecular complexity index is 961. The molecule has 0 unspecified atom stereocenters. The smallest absolute Gasteiger partial charge is 0.319 e. The van der Waals surface area contributed by atoms with Crippen LogP contribution in [0.15, 0.2) is 48.5 Å². The molecule has 2 aromatic rings. The number of nitrogens with one attached hydrogen (secondary N) is 2. The topological polar surface area (TPSA) is 64.7 Å². The Hall–Kier alpha value is -3.00. The average Bonchev–Trinajstić information content (AvgIpc) is 3.17. The summed E-state index contributed by atoms with van der Waals surface area (Å²) in [6.07, 6.45) is 1.08. The van der Waals surface area contributed by atoms with E-state index in [1.165, 1.54) is 30.3 Å². The second-order valence-corrected chi connectivity index (χ2v) is 8.67. The number of anilines is 1. The summed E-state index contributed by atoms with van der Waals surface area (Å²) < 4.78 is 26.9. The van der Waals surface area contributed by atoms with Crippen LogP contribution in [0.25, 0.3) is 0 Å². The molecule has 2 aromatic carbocycles. The van der Waals surface area contributed by atoms with Gasteiger partial charge in [-0.25, -0.2) is 13.6 Å². The van der Waals surface area contributed by atoms with Crippen molar-refractivity contribution >= 4 is 17.6 Å². The lowest BCUT2D eigenvalue weighted by Crippen LogP contribution is -2.49. The Labute approximate surface area is 186 Å². The summed E-state index contributed by atoms with van der Waals surface area (Å²) in [4.78, 5) is 30.0. The molecule has 2 N–H and O–H groups in total. The molecule has 1 heterocycles. The van der Waals surface area contributed by atoms with Crippen LogP contribution in [-0.4, -0.2) is 61.0 Å². The minimum Gasteiger partial charge on any atom is -0.340 e. The van der Waals surface area contributed by atoms with Crippen LogP contribution in [0.4, 0.5) is 19.3 Å². The minimum absolute atomic E-state index is 0.0854. The van der Waals surface area contributed by atoms with Gasteiger partial charge >= 0.3 is 6.03 Å². The molecule has 0 radical (unpaired) electrons. The zero-order valence-electron chi connectivity index (χ0n) is 18.1. The van der Waals surface area contributed by atoms with Gasteiger partial charge in [-0.15, -0.1) is 0 Å². The Morgan fingerprint density at radius 2 is 1.66 bits per heavy atom. The number of hydrogen-bond acceptors (Lipinski definition) is 3. The van der Waals surface area contributed by atoms with E-state index in [2.05, 4.69) is 15.5 Å². The quantitative estimate of drug-likeness (QED) is 0.763. The molecule has 0 bridgehead atoms. The number of urea groups is 1. The minimum atomic E-state index is -0.439. The number of carbonyl (C=O) groups is 2. The monoisotopic (exact) mass is 442 g/mol. The van der Waals surface area contributed by atoms with Gasteiger partial charge in [0.05, 0.1) is 0 Å². The normalized spacial score (nSPS) is 23.7. The number of halogens is 2. The van der Waals surface area contributed by atoms with Crippen molar-refractivity contribution in [2.24, 2.45) is 5.92 Å². The van der Waals surface area contributed by atoms with E-state index in [1.807, 2.05) is 11.9 Å². The third-order valence-corrected chi connectivity index (χ3v) is 6.41. The summed E-state index contributed by atoms with van der Waals surface area (Å²) in [5.74, 6) is -1.07. The SMILES string of the molecule is CN1CCN(C(=O)[C@H]2C[C@@H](NC(=O)Nc3cccc(F)c3)C[C@@H]2c2ccc(F)cc2)CC1. The van der Waals surface area contributed by atoms with Crippen molar-refractivity contribution < 1.29 is 18.4 Å². The lowest BCUT2D eigenvalue weighted by atomic mass is 9.88. The van der Waals surface area contributed by atoms with Gasteiger partial charge in [-0.1, -0.05) is 18.2 Å². The summed E-state index contributed by atoms with van der Waals surface area (Å²) in [5, 5.41) is 5.57. The van der Waals surface area contributed by atoms with E-state index in [4.69, 9.17) is 0 Å². The Balaban J connectivity index is 1.47. The van der Waals surface area contributed by atoms with Gasteiger partial charge in [0.1, 0.15) is 11.6 Å². The summed E-state index contributed by atoms with van der Waals surface area (Å²) in [7, 11) is 2.04. The van der Waals surface area contributed by atoms with Gasteiger partial charge in [0.15, 0.2) is 0 Å². The largest absolute Gasteiger partial charge is 0.340 e. The molecule has 1 aliphatic carbocycles. The van der Waals surface area contributed by atoms with Crippen molar-refractivity contribution in [2.75, 3.05) is 38.5 Å². The van der Waals surface area contributed by atoms with Crippen LogP contribution in [-0.2, 0) is 4.79 Å². The Morgan fingerprint density at radius 3 is 2.34 bits per heavy atom. The maximum atomic E-state index is 13.5. The lowest BCUT2D eigenvalue weighted by molar-refractivity contribution is -0.137. The van der Waals surface area contributed by atoms with E-state index in [-0.39, 0.29) is 29.6 Å². The molecule has 4 rings (SSSR count). The number of nitrogens with zero attached hydrogens (tertiary/aromatic N) is 2. The molecule has 170 valence electrons. The molecule has 0 aromatic heterocycles. The third-order valence-electron chi connectivity index (χ3n) is 6.41. The first kappa shape index (κ1) is 22.2. The second-order valence-electron chi connectivity index (χ2n) is 8.67. The number of likely N-dealkylation sites (N-methyl/N-ethyl adjacent to an activating group) is 1. The van der Waals surface area contributed by atoms with E-state index in [1.54, 1.807) is 18.2 Å². The molecule has 32 heavy (non-hydrogen) atoms. The molecule has 2 fully saturated rings. The van der Waals surface area contributed by atoms with Gasteiger partial charge in [0.25, 0.3) is 0 Å². The highest BCUT2D eigenvalue weighted by molar-refractivity contribution is 5.89. The first-order valence-electron chi connectivity index (χ1n) is 10.9. The van der Waals surface area contributed by atoms with Gasteiger partial charge in [-0.3, -0.25) is 4.79 Å². The number of hydrogen-bond donors (Lipinski definition) is 2. The number of carbonyl (C=O) groups excluding carboxylic acids is 2.